The number of hydrogen-bond donors (Lipinski definition) is 1. The van der Waals surface area contributed by atoms with E-state index in [-0.39, 0.29) is 18.4 Å². The summed E-state index contributed by atoms with van der Waals surface area (Å²) in [5.74, 6) is 0.698. The number of carbonyl (C=O) groups is 1. The van der Waals surface area contributed by atoms with Crippen LogP contribution in [0.25, 0.3) is 17.0 Å². The molecule has 1 amide bonds. The highest BCUT2D eigenvalue weighted by molar-refractivity contribution is 5.82. The molecule has 31 heavy (non-hydrogen) atoms. The number of amides is 1. The Morgan fingerprint density at radius 3 is 2.48 bits per heavy atom. The van der Waals surface area contributed by atoms with E-state index >= 15 is 0 Å². The predicted molar refractivity (Wildman–Crippen MR) is 110 cm³/mol. The quantitative estimate of drug-likeness (QED) is 0.673. The second-order valence-electron chi connectivity index (χ2n) is 7.35. The van der Waals surface area contributed by atoms with Crippen LogP contribution in [0.2, 0.25) is 0 Å². The number of nitrogens with one attached hydrogen (secondary N) is 1. The lowest BCUT2D eigenvalue weighted by atomic mass is 10.3. The van der Waals surface area contributed by atoms with Gasteiger partial charge in [0.2, 0.25) is 11.9 Å². The van der Waals surface area contributed by atoms with Gasteiger partial charge in [0.05, 0.1) is 30.8 Å². The molecule has 0 saturated carbocycles. The summed E-state index contributed by atoms with van der Waals surface area (Å²) < 4.78 is 34.5. The third kappa shape index (κ3) is 3.76. The number of para-hydroxylation sites is 2. The molecule has 2 aliphatic rings. The van der Waals surface area contributed by atoms with Gasteiger partial charge in [0.1, 0.15) is 11.6 Å². The number of anilines is 2. The second-order valence-corrected chi connectivity index (χ2v) is 7.35. The smallest absolute Gasteiger partial charge is 0.296 e. The molecule has 2 aliphatic heterocycles. The van der Waals surface area contributed by atoms with Crippen molar-refractivity contribution >= 4 is 28.6 Å². The van der Waals surface area contributed by atoms with Gasteiger partial charge < -0.3 is 19.9 Å². The van der Waals surface area contributed by atoms with Crippen molar-refractivity contribution in [3.8, 4) is 5.95 Å². The van der Waals surface area contributed by atoms with E-state index < -0.39 is 12.2 Å². The molecule has 0 radical (unpaired) electrons. The third-order valence-corrected chi connectivity index (χ3v) is 5.37. The number of piperazine rings is 1. The van der Waals surface area contributed by atoms with E-state index in [2.05, 4.69) is 20.3 Å². The molecule has 3 aromatic rings. The van der Waals surface area contributed by atoms with Gasteiger partial charge in [0, 0.05) is 32.2 Å². The maximum Gasteiger partial charge on any atom is 0.296 e. The van der Waals surface area contributed by atoms with Crippen molar-refractivity contribution in [1.29, 1.82) is 0 Å². The molecule has 162 valence electrons. The summed E-state index contributed by atoms with van der Waals surface area (Å²) in [6, 6.07) is 8.70. The molecule has 1 N–H and O–H groups in total. The second kappa shape index (κ2) is 8.06. The minimum atomic E-state index is -2.80. The molecule has 2 saturated heterocycles. The van der Waals surface area contributed by atoms with E-state index in [1.54, 1.807) is 30.3 Å². The zero-order chi connectivity index (χ0) is 21.4. The Kier molecular flexibility index (Phi) is 5.10. The van der Waals surface area contributed by atoms with E-state index in [9.17, 15) is 13.6 Å². The highest BCUT2D eigenvalue weighted by Crippen LogP contribution is 2.29. The predicted octanol–water partition coefficient (Wildman–Crippen LogP) is 1.53. The van der Waals surface area contributed by atoms with Gasteiger partial charge >= 0.3 is 0 Å². The first-order chi connectivity index (χ1) is 15.1. The number of ether oxygens (including phenoxy) is 1. The molecule has 2 fully saturated rings. The molecule has 11 heteroatoms. The van der Waals surface area contributed by atoms with E-state index in [1.165, 1.54) is 4.57 Å². The van der Waals surface area contributed by atoms with Crippen LogP contribution in [0.3, 0.4) is 0 Å². The number of aromatic nitrogens is 4. The minimum absolute atomic E-state index is 0.106. The maximum atomic E-state index is 13.9. The lowest BCUT2D eigenvalue weighted by molar-refractivity contribution is -0.120. The molecule has 2 aromatic heterocycles. The van der Waals surface area contributed by atoms with Gasteiger partial charge in [-0.3, -0.25) is 9.36 Å². The Labute approximate surface area is 176 Å². The van der Waals surface area contributed by atoms with Gasteiger partial charge in [0.15, 0.2) is 5.82 Å². The van der Waals surface area contributed by atoms with Crippen LogP contribution in [0.5, 0.6) is 0 Å². The molecule has 0 aliphatic carbocycles. The number of carbonyl (C=O) groups excluding carboxylic acids is 1. The number of halogens is 2. The Morgan fingerprint density at radius 2 is 1.74 bits per heavy atom. The van der Waals surface area contributed by atoms with Crippen molar-refractivity contribution in [2.75, 3.05) is 55.7 Å². The fourth-order valence-electron chi connectivity index (χ4n) is 3.86. The summed E-state index contributed by atoms with van der Waals surface area (Å²) in [4.78, 5) is 29.1. The molecule has 5 rings (SSSR count). The van der Waals surface area contributed by atoms with Crippen molar-refractivity contribution in [1.82, 2.24) is 24.8 Å². The number of nitrogens with zero attached hydrogens (tertiary/aromatic N) is 6. The monoisotopic (exact) mass is 429 g/mol. The standard InChI is InChI=1S/C20H21F2N7O2/c21-18(22)19-24-13-3-1-2-4-14(13)29(19)20-25-15(27-7-9-31-10-8-27)11-16(26-20)28-6-5-23-17(30)12-28/h1-4,11,18H,5-10,12H2,(H,23,30). The van der Waals surface area contributed by atoms with Crippen LogP contribution in [-0.4, -0.2) is 71.4 Å². The highest BCUT2D eigenvalue weighted by atomic mass is 19.3. The van der Waals surface area contributed by atoms with Gasteiger partial charge in [-0.25, -0.2) is 13.8 Å². The summed E-state index contributed by atoms with van der Waals surface area (Å²) in [5, 5.41) is 2.78. The molecular formula is C20H21F2N7O2. The first-order valence-corrected chi connectivity index (χ1v) is 10.1. The Morgan fingerprint density at radius 1 is 1.00 bits per heavy atom. The van der Waals surface area contributed by atoms with Crippen LogP contribution < -0.4 is 15.1 Å². The van der Waals surface area contributed by atoms with E-state index in [4.69, 9.17) is 4.74 Å². The highest BCUT2D eigenvalue weighted by Gasteiger charge is 2.26. The Balaban J connectivity index is 1.67. The van der Waals surface area contributed by atoms with E-state index in [1.807, 2.05) is 9.80 Å². The SMILES string of the molecule is O=C1CN(c2cc(N3CCOCC3)nc(-n3c(C(F)F)nc4ccccc43)n2)CCN1. The summed E-state index contributed by atoms with van der Waals surface area (Å²) in [5.41, 5.74) is 0.941. The lowest BCUT2D eigenvalue weighted by Gasteiger charge is -2.31. The largest absolute Gasteiger partial charge is 0.378 e. The number of morpholine rings is 1. The molecule has 0 spiro atoms. The van der Waals surface area contributed by atoms with Crippen molar-refractivity contribution in [2.45, 2.75) is 6.43 Å². The topological polar surface area (TPSA) is 88.4 Å². The van der Waals surface area contributed by atoms with E-state index in [0.29, 0.717) is 62.1 Å². The summed E-state index contributed by atoms with van der Waals surface area (Å²) in [6.07, 6.45) is -2.80. The van der Waals surface area contributed by atoms with Gasteiger partial charge in [-0.15, -0.1) is 0 Å². The zero-order valence-electron chi connectivity index (χ0n) is 16.7. The number of imidazole rings is 1. The number of fused-ring (bicyclic) bond motifs is 1. The zero-order valence-corrected chi connectivity index (χ0v) is 16.7. The van der Waals surface area contributed by atoms with Crippen LogP contribution in [0.15, 0.2) is 30.3 Å². The van der Waals surface area contributed by atoms with Gasteiger partial charge in [-0.2, -0.15) is 9.97 Å². The first-order valence-electron chi connectivity index (χ1n) is 10.1. The number of benzene rings is 1. The van der Waals surface area contributed by atoms with Crippen molar-refractivity contribution in [3.05, 3.63) is 36.2 Å². The van der Waals surface area contributed by atoms with Crippen molar-refractivity contribution < 1.29 is 18.3 Å². The molecule has 9 nitrogen and oxygen atoms in total. The van der Waals surface area contributed by atoms with Crippen LogP contribution in [0, 0.1) is 0 Å². The minimum Gasteiger partial charge on any atom is -0.378 e. The molecular weight excluding hydrogens is 408 g/mol. The van der Waals surface area contributed by atoms with Crippen LogP contribution in [0.4, 0.5) is 20.4 Å². The summed E-state index contributed by atoms with van der Waals surface area (Å²) in [6.45, 7) is 3.56. The summed E-state index contributed by atoms with van der Waals surface area (Å²) in [7, 11) is 0. The third-order valence-electron chi connectivity index (χ3n) is 5.37. The van der Waals surface area contributed by atoms with Gasteiger partial charge in [-0.05, 0) is 12.1 Å². The molecule has 1 aromatic carbocycles. The number of rotatable bonds is 4. The Hall–Kier alpha value is -3.34. The van der Waals surface area contributed by atoms with E-state index in [0.717, 1.165) is 0 Å². The summed E-state index contributed by atoms with van der Waals surface area (Å²) >= 11 is 0. The first kappa shape index (κ1) is 19.6. The van der Waals surface area contributed by atoms with Crippen LogP contribution >= 0.6 is 0 Å². The molecule has 0 bridgehead atoms. The normalized spacial score (nSPS) is 17.5. The van der Waals surface area contributed by atoms with Gasteiger partial charge in [-0.1, -0.05) is 12.1 Å². The van der Waals surface area contributed by atoms with Crippen molar-refractivity contribution in [3.63, 3.8) is 0 Å². The fourth-order valence-corrected chi connectivity index (χ4v) is 3.86. The average molecular weight is 429 g/mol. The van der Waals surface area contributed by atoms with Crippen LogP contribution in [0.1, 0.15) is 12.2 Å². The maximum absolute atomic E-state index is 13.9. The number of hydrogen-bond acceptors (Lipinski definition) is 7. The van der Waals surface area contributed by atoms with Crippen molar-refractivity contribution in [2.24, 2.45) is 0 Å². The number of alkyl halides is 2. The molecule has 0 unspecified atom stereocenters. The van der Waals surface area contributed by atoms with Gasteiger partial charge in [0.25, 0.3) is 6.43 Å². The molecule has 0 atom stereocenters. The molecule has 4 heterocycles. The average Bonchev–Trinajstić information content (AvgIpc) is 3.19. The lowest BCUT2D eigenvalue weighted by Crippen LogP contribution is -2.48. The van der Waals surface area contributed by atoms with Crippen LogP contribution in [-0.2, 0) is 9.53 Å². The Bertz CT molecular complexity index is 1110. The fraction of sp³-hybridized carbons (Fsp3) is 0.400.